The molecule has 0 radical (unpaired) electrons. The van der Waals surface area contributed by atoms with E-state index < -0.39 is 0 Å². The second kappa shape index (κ2) is 17.5. The predicted octanol–water partition coefficient (Wildman–Crippen LogP) is 15.8. The lowest BCUT2D eigenvalue weighted by molar-refractivity contribution is -0.0336. The normalized spacial score (nSPS) is 43.1. The molecule has 0 aromatic carbocycles. The van der Waals surface area contributed by atoms with Crippen LogP contribution in [0.25, 0.3) is 0 Å². The van der Waals surface area contributed by atoms with Crippen LogP contribution in [0.4, 0.5) is 0 Å². The van der Waals surface area contributed by atoms with Crippen molar-refractivity contribution in [3.05, 3.63) is 58.2 Å². The van der Waals surface area contributed by atoms with E-state index in [-0.39, 0.29) is 12.2 Å². The molecule has 0 spiro atoms. The van der Waals surface area contributed by atoms with E-state index in [1.807, 2.05) is 11.1 Å². The van der Waals surface area contributed by atoms with Crippen molar-refractivity contribution < 1.29 is 10.2 Å². The average molecular weight is 823 g/mol. The van der Waals surface area contributed by atoms with Crippen LogP contribution in [0, 0.1) is 86.8 Å². The molecular weight excluding hydrogens is 729 g/mol. The van der Waals surface area contributed by atoms with E-state index in [9.17, 15) is 10.2 Å². The number of fused-ring (bicyclic) bond motifs is 8. The summed E-state index contributed by atoms with van der Waals surface area (Å²) >= 11 is 0. The van der Waals surface area contributed by atoms with Gasteiger partial charge in [-0.15, -0.1) is 0 Å². The third-order valence-corrected chi connectivity index (χ3v) is 21.4. The van der Waals surface area contributed by atoms with Crippen molar-refractivity contribution in [3.8, 4) is 0 Å². The number of rotatable bonds is 10. The van der Waals surface area contributed by atoms with Gasteiger partial charge in [0.15, 0.2) is 0 Å². The highest BCUT2D eigenvalue weighted by Crippen LogP contribution is 2.68. The number of hydrogen-bond donors (Lipinski definition) is 2. The van der Waals surface area contributed by atoms with Crippen LogP contribution in [-0.4, -0.2) is 22.4 Å². The highest BCUT2D eigenvalue weighted by atomic mass is 16.3. The van der Waals surface area contributed by atoms with E-state index in [0.717, 1.165) is 42.4 Å². The maximum absolute atomic E-state index is 10.5. The molecule has 0 aromatic rings. The smallest absolute Gasteiger partial charge is 0.0569 e. The van der Waals surface area contributed by atoms with Crippen LogP contribution >= 0.6 is 0 Å². The van der Waals surface area contributed by atoms with Gasteiger partial charge in [-0.2, -0.15) is 0 Å². The minimum Gasteiger partial charge on any atom is -0.393 e. The van der Waals surface area contributed by atoms with Gasteiger partial charge in [-0.3, -0.25) is 0 Å². The third kappa shape index (κ3) is 7.93. The van der Waals surface area contributed by atoms with E-state index in [0.29, 0.717) is 57.2 Å². The topological polar surface area (TPSA) is 40.5 Å². The average Bonchev–Trinajstić information content (AvgIpc) is 3.76. The van der Waals surface area contributed by atoms with E-state index in [1.54, 1.807) is 16.7 Å². The van der Waals surface area contributed by atoms with Crippen molar-refractivity contribution in [2.75, 3.05) is 0 Å². The summed E-state index contributed by atoms with van der Waals surface area (Å²) in [5, 5.41) is 21.0. The zero-order chi connectivity index (χ0) is 43.7. The molecule has 15 atom stereocenters. The number of hydrogen-bond acceptors (Lipinski definition) is 2. The van der Waals surface area contributed by atoms with Crippen LogP contribution < -0.4 is 0 Å². The Hall–Kier alpha value is -1.38. The van der Waals surface area contributed by atoms with Crippen molar-refractivity contribution >= 4 is 0 Å². The summed E-state index contributed by atoms with van der Waals surface area (Å²) in [6.45, 7) is 37.8. The Labute approximate surface area is 371 Å². The first kappa shape index (κ1) is 46.6. The number of aliphatic hydroxyl groups excluding tert-OH is 2. The van der Waals surface area contributed by atoms with Crippen LogP contribution in [0.2, 0.25) is 0 Å². The quantitative estimate of drug-likeness (QED) is 0.216. The SMILES string of the molecule is C=C(CCC(C)C1CC=C2C3=C(CCC21C)C1(C)CCC(O)C(C)C1CC3)C(C)C.C=C(CCC(C)C1CCC2C3=C(CCC21C)C1(C)CCC(O)C(C)C1CC3)C(C)C. The molecule has 2 N–H and O–H groups in total. The van der Waals surface area contributed by atoms with Crippen LogP contribution in [0.5, 0.6) is 0 Å². The van der Waals surface area contributed by atoms with Gasteiger partial charge in [0.05, 0.1) is 12.2 Å². The minimum absolute atomic E-state index is 0.0728. The van der Waals surface area contributed by atoms with Crippen LogP contribution in [0.15, 0.2) is 58.2 Å². The van der Waals surface area contributed by atoms with Crippen molar-refractivity contribution in [1.82, 2.24) is 0 Å². The summed E-state index contributed by atoms with van der Waals surface area (Å²) in [7, 11) is 0. The molecule has 0 aliphatic heterocycles. The van der Waals surface area contributed by atoms with Crippen molar-refractivity contribution in [2.45, 2.75) is 217 Å². The summed E-state index contributed by atoms with van der Waals surface area (Å²) in [4.78, 5) is 0. The molecule has 3 fully saturated rings. The highest BCUT2D eigenvalue weighted by molar-refractivity contribution is 5.49. The Kier molecular flexibility index (Phi) is 13.6. The molecule has 15 unspecified atom stereocenters. The maximum Gasteiger partial charge on any atom is 0.0569 e. The molecule has 0 saturated heterocycles. The lowest BCUT2D eigenvalue weighted by Gasteiger charge is -2.56. The minimum atomic E-state index is -0.0874. The van der Waals surface area contributed by atoms with Crippen LogP contribution in [0.1, 0.15) is 205 Å². The largest absolute Gasteiger partial charge is 0.393 e. The second-order valence-corrected chi connectivity index (χ2v) is 24.8. The fourth-order valence-electron chi connectivity index (χ4n) is 16.9. The number of aliphatic hydroxyl groups is 2. The number of allylic oxidation sites excluding steroid dienone is 8. The molecule has 2 heteroatoms. The van der Waals surface area contributed by atoms with Crippen LogP contribution in [0.3, 0.4) is 0 Å². The van der Waals surface area contributed by atoms with Gasteiger partial charge in [-0.25, -0.2) is 0 Å². The van der Waals surface area contributed by atoms with Gasteiger partial charge in [-0.05, 0) is 220 Å². The van der Waals surface area contributed by atoms with Crippen molar-refractivity contribution in [3.63, 3.8) is 0 Å². The summed E-state index contributed by atoms with van der Waals surface area (Å²) in [6.07, 6.45) is 26.5. The highest BCUT2D eigenvalue weighted by Gasteiger charge is 2.58. The first-order chi connectivity index (χ1) is 28.2. The zero-order valence-corrected chi connectivity index (χ0v) is 41.3. The summed E-state index contributed by atoms with van der Waals surface area (Å²) in [6, 6.07) is 0. The summed E-state index contributed by atoms with van der Waals surface area (Å²) < 4.78 is 0. The van der Waals surface area contributed by atoms with E-state index >= 15 is 0 Å². The standard InChI is InChI=1S/C29H48O.C29H46O/c2*1-18(2)19(3)8-9-20(4)23-12-13-25-22-10-11-24-21(5)27(30)15-17-29(24,7)26(22)14-16-28(23,25)6/h18,20-21,23-25,27,30H,3,8-17H2,1-2,4-7H3;13,18,20-21,23-24,27,30H,3,8-12,14-17H2,1-2,4-7H3. The van der Waals surface area contributed by atoms with Gasteiger partial charge in [-0.1, -0.05) is 130 Å². The Balaban J connectivity index is 0.000000181. The first-order valence-corrected chi connectivity index (χ1v) is 26.1. The van der Waals surface area contributed by atoms with E-state index in [2.05, 4.69) is 102 Å². The molecule has 0 heterocycles. The first-order valence-electron chi connectivity index (χ1n) is 26.1. The molecule has 0 aromatic heterocycles. The van der Waals surface area contributed by atoms with Gasteiger partial charge in [0.1, 0.15) is 0 Å². The Morgan fingerprint density at radius 1 is 0.617 bits per heavy atom. The fraction of sp³-hybridized carbons (Fsp3) is 0.828. The summed E-state index contributed by atoms with van der Waals surface area (Å²) in [5.74, 6) is 7.61. The van der Waals surface area contributed by atoms with Gasteiger partial charge in [0, 0.05) is 0 Å². The predicted molar refractivity (Wildman–Crippen MR) is 256 cm³/mol. The second-order valence-electron chi connectivity index (χ2n) is 24.8. The molecule has 3 saturated carbocycles. The Morgan fingerprint density at radius 3 is 1.70 bits per heavy atom. The molecule has 8 rings (SSSR count). The fourth-order valence-corrected chi connectivity index (χ4v) is 16.9. The van der Waals surface area contributed by atoms with Gasteiger partial charge < -0.3 is 10.2 Å². The Bertz CT molecular complexity index is 1680. The molecule has 8 aliphatic rings. The lowest BCUT2D eigenvalue weighted by Crippen LogP contribution is -2.49. The molecular formula is C58H94O2. The maximum atomic E-state index is 10.5. The molecule has 338 valence electrons. The zero-order valence-electron chi connectivity index (χ0n) is 41.3. The Morgan fingerprint density at radius 2 is 1.13 bits per heavy atom. The van der Waals surface area contributed by atoms with E-state index in [4.69, 9.17) is 0 Å². The molecule has 0 amide bonds. The van der Waals surface area contributed by atoms with Gasteiger partial charge in [0.2, 0.25) is 0 Å². The molecule has 60 heavy (non-hydrogen) atoms. The third-order valence-electron chi connectivity index (χ3n) is 21.4. The molecule has 0 bridgehead atoms. The van der Waals surface area contributed by atoms with Crippen LogP contribution in [-0.2, 0) is 0 Å². The molecule has 2 nitrogen and oxygen atoms in total. The van der Waals surface area contributed by atoms with Crippen molar-refractivity contribution in [1.29, 1.82) is 0 Å². The molecule has 8 aliphatic carbocycles. The van der Waals surface area contributed by atoms with E-state index in [1.165, 1.54) is 120 Å². The van der Waals surface area contributed by atoms with Gasteiger partial charge >= 0.3 is 0 Å². The van der Waals surface area contributed by atoms with Gasteiger partial charge in [0.25, 0.3) is 0 Å². The monoisotopic (exact) mass is 823 g/mol. The summed E-state index contributed by atoms with van der Waals surface area (Å²) in [5.41, 5.74) is 13.5. The lowest BCUT2D eigenvalue weighted by atomic mass is 9.49. The van der Waals surface area contributed by atoms with Crippen molar-refractivity contribution in [2.24, 2.45) is 86.8 Å².